The Labute approximate surface area is 114 Å². The Kier molecular flexibility index (Phi) is 2.86. The third-order valence-electron chi connectivity index (χ3n) is 2.70. The number of fused-ring (bicyclic) bond motifs is 1. The molecule has 0 saturated carbocycles. The van der Waals surface area contributed by atoms with Crippen LogP contribution in [0.1, 0.15) is 11.1 Å². The van der Waals surface area contributed by atoms with Crippen molar-refractivity contribution < 1.29 is 0 Å². The predicted molar refractivity (Wildman–Crippen MR) is 76.6 cm³/mol. The van der Waals surface area contributed by atoms with E-state index in [9.17, 15) is 0 Å². The molecule has 0 aliphatic heterocycles. The molecule has 4 nitrogen and oxygen atoms in total. The van der Waals surface area contributed by atoms with E-state index in [-0.39, 0.29) is 0 Å². The Balaban J connectivity index is 1.99. The molecule has 1 aromatic carbocycles. The quantitative estimate of drug-likeness (QED) is 0.769. The number of nitriles is 1. The molecule has 2 heterocycles. The first-order valence-corrected chi connectivity index (χ1v) is 6.57. The molecule has 3 rings (SSSR count). The number of aryl methyl sites for hydroxylation is 1. The first-order valence-electron chi connectivity index (χ1n) is 5.75. The minimum Gasteiger partial charge on any atom is -0.315 e. The maximum atomic E-state index is 9.03. The summed E-state index contributed by atoms with van der Waals surface area (Å²) >= 11 is 1.55. The highest BCUT2D eigenvalue weighted by molar-refractivity contribution is 7.22. The third kappa shape index (κ3) is 2.26. The summed E-state index contributed by atoms with van der Waals surface area (Å²) in [6, 6.07) is 11.7. The molecule has 0 bridgehead atoms. The highest BCUT2D eigenvalue weighted by atomic mass is 32.1. The van der Waals surface area contributed by atoms with Gasteiger partial charge in [0.25, 0.3) is 0 Å². The average Bonchev–Trinajstić information content (AvgIpc) is 2.80. The fraction of sp³-hybridized carbons (Fsp3) is 0.0714. The first-order chi connectivity index (χ1) is 9.26. The van der Waals surface area contributed by atoms with Gasteiger partial charge in [-0.1, -0.05) is 17.4 Å². The van der Waals surface area contributed by atoms with Crippen LogP contribution in [0.2, 0.25) is 0 Å². The Bertz CT molecular complexity index is 785. The van der Waals surface area contributed by atoms with Crippen LogP contribution in [0.25, 0.3) is 10.2 Å². The summed E-state index contributed by atoms with van der Waals surface area (Å²) in [6.45, 7) is 2.05. The van der Waals surface area contributed by atoms with Crippen molar-refractivity contribution in [3.05, 3.63) is 47.7 Å². The summed E-state index contributed by atoms with van der Waals surface area (Å²) in [5.74, 6) is 0.542. The molecule has 0 fully saturated rings. The SMILES string of the molecule is Cc1ccc2nc(Nc3ncccc3C#N)sc2c1. The molecule has 1 N–H and O–H groups in total. The molecule has 0 radical (unpaired) electrons. The lowest BCUT2D eigenvalue weighted by molar-refractivity contribution is 1.27. The van der Waals surface area contributed by atoms with E-state index in [1.165, 1.54) is 5.56 Å². The van der Waals surface area contributed by atoms with Gasteiger partial charge in [-0.25, -0.2) is 9.97 Å². The first kappa shape index (κ1) is 11.6. The Morgan fingerprint density at radius 2 is 2.21 bits per heavy atom. The molecule has 0 unspecified atom stereocenters. The number of nitrogens with zero attached hydrogens (tertiary/aromatic N) is 3. The van der Waals surface area contributed by atoms with Crippen LogP contribution in [0, 0.1) is 18.3 Å². The molecule has 0 aliphatic rings. The largest absolute Gasteiger partial charge is 0.315 e. The van der Waals surface area contributed by atoms with Crippen LogP contribution in [-0.4, -0.2) is 9.97 Å². The van der Waals surface area contributed by atoms with E-state index >= 15 is 0 Å². The average molecular weight is 266 g/mol. The molecule has 0 aliphatic carbocycles. The number of pyridine rings is 1. The van der Waals surface area contributed by atoms with Crippen molar-refractivity contribution in [3.63, 3.8) is 0 Å². The predicted octanol–water partition coefficient (Wildman–Crippen LogP) is 3.62. The van der Waals surface area contributed by atoms with Gasteiger partial charge in [0.1, 0.15) is 11.9 Å². The van der Waals surface area contributed by atoms with Crippen molar-refractivity contribution >= 4 is 32.5 Å². The second kappa shape index (κ2) is 4.67. The molecule has 0 amide bonds. The van der Waals surface area contributed by atoms with Crippen molar-refractivity contribution in [1.29, 1.82) is 5.26 Å². The molecular formula is C14H10N4S. The smallest absolute Gasteiger partial charge is 0.189 e. The van der Waals surface area contributed by atoms with Crippen molar-refractivity contribution in [3.8, 4) is 6.07 Å². The molecule has 5 heteroatoms. The molecule has 0 saturated heterocycles. The summed E-state index contributed by atoms with van der Waals surface area (Å²) in [6.07, 6.45) is 1.65. The van der Waals surface area contributed by atoms with Crippen molar-refractivity contribution in [2.75, 3.05) is 5.32 Å². The van der Waals surface area contributed by atoms with Gasteiger partial charge in [0.2, 0.25) is 0 Å². The standard InChI is InChI=1S/C14H10N4S/c1-9-4-5-11-12(7-9)19-14(17-11)18-13-10(8-15)3-2-6-16-13/h2-7H,1H3,(H,16,17,18). The van der Waals surface area contributed by atoms with Gasteiger partial charge in [-0.3, -0.25) is 0 Å². The summed E-state index contributed by atoms with van der Waals surface area (Å²) < 4.78 is 1.12. The van der Waals surface area contributed by atoms with E-state index in [2.05, 4.69) is 34.3 Å². The van der Waals surface area contributed by atoms with Gasteiger partial charge < -0.3 is 5.32 Å². The van der Waals surface area contributed by atoms with E-state index in [4.69, 9.17) is 5.26 Å². The summed E-state index contributed by atoms with van der Waals surface area (Å²) in [5.41, 5.74) is 2.67. The molecular weight excluding hydrogens is 256 g/mol. The van der Waals surface area contributed by atoms with Crippen molar-refractivity contribution in [2.45, 2.75) is 6.92 Å². The van der Waals surface area contributed by atoms with E-state index in [0.717, 1.165) is 15.3 Å². The van der Waals surface area contributed by atoms with E-state index in [0.29, 0.717) is 11.4 Å². The molecule has 0 atom stereocenters. The van der Waals surface area contributed by atoms with E-state index in [1.54, 1.807) is 29.7 Å². The van der Waals surface area contributed by atoms with Crippen molar-refractivity contribution in [1.82, 2.24) is 9.97 Å². The van der Waals surface area contributed by atoms with Crippen LogP contribution in [0.5, 0.6) is 0 Å². The number of thiazole rings is 1. The maximum Gasteiger partial charge on any atom is 0.189 e. The number of hydrogen-bond donors (Lipinski definition) is 1. The Morgan fingerprint density at radius 1 is 1.32 bits per heavy atom. The lowest BCUT2D eigenvalue weighted by Gasteiger charge is -2.01. The van der Waals surface area contributed by atoms with Crippen LogP contribution in [0.4, 0.5) is 10.9 Å². The second-order valence-electron chi connectivity index (χ2n) is 4.13. The molecule has 19 heavy (non-hydrogen) atoms. The third-order valence-corrected chi connectivity index (χ3v) is 3.63. The minimum absolute atomic E-state index is 0.512. The second-order valence-corrected chi connectivity index (χ2v) is 5.16. The monoisotopic (exact) mass is 266 g/mol. The van der Waals surface area contributed by atoms with Crippen LogP contribution < -0.4 is 5.32 Å². The molecule has 2 aromatic heterocycles. The summed E-state index contributed by atoms with van der Waals surface area (Å²) in [5, 5.41) is 12.9. The number of benzene rings is 1. The van der Waals surface area contributed by atoms with Crippen LogP contribution in [0.15, 0.2) is 36.5 Å². The van der Waals surface area contributed by atoms with Gasteiger partial charge in [-0.2, -0.15) is 5.26 Å². The lowest BCUT2D eigenvalue weighted by Crippen LogP contribution is -1.95. The fourth-order valence-electron chi connectivity index (χ4n) is 1.78. The van der Waals surface area contributed by atoms with Crippen molar-refractivity contribution in [2.24, 2.45) is 0 Å². The van der Waals surface area contributed by atoms with E-state index < -0.39 is 0 Å². The van der Waals surface area contributed by atoms with Crippen LogP contribution in [0.3, 0.4) is 0 Å². The number of rotatable bonds is 2. The van der Waals surface area contributed by atoms with Gasteiger partial charge in [-0.15, -0.1) is 0 Å². The zero-order valence-corrected chi connectivity index (χ0v) is 11.0. The molecule has 92 valence electrons. The number of anilines is 2. The molecule has 3 aromatic rings. The highest BCUT2D eigenvalue weighted by Gasteiger charge is 2.07. The fourth-order valence-corrected chi connectivity index (χ4v) is 2.74. The molecule has 0 spiro atoms. The number of hydrogen-bond acceptors (Lipinski definition) is 5. The normalized spacial score (nSPS) is 10.3. The van der Waals surface area contributed by atoms with E-state index in [1.807, 2.05) is 12.1 Å². The Morgan fingerprint density at radius 3 is 3.05 bits per heavy atom. The Hall–Kier alpha value is -2.45. The van der Waals surface area contributed by atoms with Gasteiger partial charge in [0, 0.05) is 6.20 Å². The van der Waals surface area contributed by atoms with Crippen LogP contribution >= 0.6 is 11.3 Å². The van der Waals surface area contributed by atoms with Gasteiger partial charge in [-0.05, 0) is 36.8 Å². The van der Waals surface area contributed by atoms with Gasteiger partial charge in [0.05, 0.1) is 15.8 Å². The topological polar surface area (TPSA) is 61.6 Å². The minimum atomic E-state index is 0.512. The van der Waals surface area contributed by atoms with Gasteiger partial charge in [0.15, 0.2) is 5.13 Å². The zero-order chi connectivity index (χ0) is 13.2. The summed E-state index contributed by atoms with van der Waals surface area (Å²) in [4.78, 5) is 8.65. The lowest BCUT2D eigenvalue weighted by atomic mass is 10.2. The highest BCUT2D eigenvalue weighted by Crippen LogP contribution is 2.29. The number of aromatic nitrogens is 2. The maximum absolute atomic E-state index is 9.03. The number of nitrogens with one attached hydrogen (secondary N) is 1. The summed E-state index contributed by atoms with van der Waals surface area (Å²) in [7, 11) is 0. The zero-order valence-electron chi connectivity index (χ0n) is 10.2. The van der Waals surface area contributed by atoms with Gasteiger partial charge >= 0.3 is 0 Å². The van der Waals surface area contributed by atoms with Crippen LogP contribution in [-0.2, 0) is 0 Å².